The second-order valence-corrected chi connectivity index (χ2v) is 24.2. The molecule has 0 rings (SSSR count). The molecule has 0 fully saturated rings. The van der Waals surface area contributed by atoms with Crippen molar-refractivity contribution in [2.45, 2.75) is 392 Å². The van der Waals surface area contributed by atoms with Gasteiger partial charge in [0, 0.05) is 12.8 Å². The number of carbonyl (C=O) groups is 2. The molecule has 0 spiro atoms. The van der Waals surface area contributed by atoms with Crippen LogP contribution in [0.1, 0.15) is 380 Å². The van der Waals surface area contributed by atoms with Crippen LogP contribution in [0, 0.1) is 0 Å². The van der Waals surface area contributed by atoms with Crippen LogP contribution in [0.4, 0.5) is 0 Å². The average molecular weight is 1110 g/mol. The summed E-state index contributed by atoms with van der Waals surface area (Å²) in [5.74, 6) is -0.0552. The van der Waals surface area contributed by atoms with Crippen LogP contribution in [0.2, 0.25) is 0 Å². The molecule has 3 N–H and O–H groups in total. The standard InChI is InChI=1S/C73H137NO5/c1-3-5-7-9-11-13-14-15-44-47-51-55-59-63-67-73(78)79-68-64-60-56-52-48-45-42-40-38-36-34-32-30-28-26-24-22-20-18-16-17-19-21-23-25-27-29-31-33-35-37-39-41-43-46-50-54-58-62-66-72(77)74-70(69-75)71(76)65-61-57-53-49-12-10-8-6-4-2/h14-17,20,22,61,65,70-71,75-76H,3-13,18-19,21,23-60,62-64,66-69H2,1-2H3,(H,74,77)/b15-14-,17-16-,22-20-,65-61+. The zero-order valence-corrected chi connectivity index (χ0v) is 53.1. The van der Waals surface area contributed by atoms with Crippen LogP contribution in [-0.2, 0) is 14.3 Å². The van der Waals surface area contributed by atoms with Gasteiger partial charge in [-0.05, 0) is 89.9 Å². The lowest BCUT2D eigenvalue weighted by Crippen LogP contribution is -2.45. The van der Waals surface area contributed by atoms with Gasteiger partial charge in [-0.3, -0.25) is 9.59 Å². The summed E-state index contributed by atoms with van der Waals surface area (Å²) in [5, 5.41) is 23.0. The minimum Gasteiger partial charge on any atom is -0.466 e. The summed E-state index contributed by atoms with van der Waals surface area (Å²) < 4.78 is 5.49. The number of allylic oxidation sites excluding steroid dienone is 7. The van der Waals surface area contributed by atoms with E-state index < -0.39 is 12.1 Å². The van der Waals surface area contributed by atoms with Crippen LogP contribution in [0.25, 0.3) is 0 Å². The quantitative estimate of drug-likeness (QED) is 0.0320. The van der Waals surface area contributed by atoms with E-state index in [-0.39, 0.29) is 18.5 Å². The van der Waals surface area contributed by atoms with Crippen LogP contribution >= 0.6 is 0 Å². The van der Waals surface area contributed by atoms with Crippen molar-refractivity contribution in [1.29, 1.82) is 0 Å². The van der Waals surface area contributed by atoms with Crippen LogP contribution in [0.3, 0.4) is 0 Å². The average Bonchev–Trinajstić information content (AvgIpc) is 3.45. The van der Waals surface area contributed by atoms with E-state index in [2.05, 4.69) is 55.6 Å². The molecule has 0 aliphatic heterocycles. The van der Waals surface area contributed by atoms with Gasteiger partial charge < -0.3 is 20.3 Å². The second-order valence-electron chi connectivity index (χ2n) is 24.2. The van der Waals surface area contributed by atoms with Gasteiger partial charge in [0.2, 0.25) is 5.91 Å². The molecule has 0 radical (unpaired) electrons. The summed E-state index contributed by atoms with van der Waals surface area (Å²) in [4.78, 5) is 24.5. The first kappa shape index (κ1) is 76.8. The fraction of sp³-hybridized carbons (Fsp3) is 0.863. The van der Waals surface area contributed by atoms with Gasteiger partial charge in [-0.1, -0.05) is 326 Å². The van der Waals surface area contributed by atoms with Crippen molar-refractivity contribution >= 4 is 11.9 Å². The summed E-state index contributed by atoms with van der Waals surface area (Å²) in [6.07, 6.45) is 89.4. The van der Waals surface area contributed by atoms with Gasteiger partial charge in [-0.15, -0.1) is 0 Å². The number of unbranched alkanes of at least 4 members (excludes halogenated alkanes) is 49. The summed E-state index contributed by atoms with van der Waals surface area (Å²) >= 11 is 0. The van der Waals surface area contributed by atoms with Gasteiger partial charge in [0.1, 0.15) is 0 Å². The predicted molar refractivity (Wildman–Crippen MR) is 347 cm³/mol. The van der Waals surface area contributed by atoms with Crippen molar-refractivity contribution < 1.29 is 24.5 Å². The topological polar surface area (TPSA) is 95.9 Å². The molecule has 0 bridgehead atoms. The summed E-state index contributed by atoms with van der Waals surface area (Å²) in [6, 6.07) is -0.623. The highest BCUT2D eigenvalue weighted by molar-refractivity contribution is 5.76. The molecule has 0 aromatic heterocycles. The molecule has 2 unspecified atom stereocenters. The van der Waals surface area contributed by atoms with E-state index in [1.165, 1.54) is 302 Å². The van der Waals surface area contributed by atoms with Crippen LogP contribution in [-0.4, -0.2) is 47.4 Å². The Bertz CT molecular complexity index is 1320. The molecule has 0 aliphatic rings. The van der Waals surface area contributed by atoms with Crippen molar-refractivity contribution in [3.05, 3.63) is 48.6 Å². The van der Waals surface area contributed by atoms with E-state index in [1.54, 1.807) is 6.08 Å². The van der Waals surface area contributed by atoms with Crippen molar-refractivity contribution in [2.24, 2.45) is 0 Å². The molecule has 0 aliphatic carbocycles. The fourth-order valence-corrected chi connectivity index (χ4v) is 10.9. The van der Waals surface area contributed by atoms with Crippen molar-refractivity contribution in [3.8, 4) is 0 Å². The molecule has 0 heterocycles. The minimum atomic E-state index is -0.840. The first-order chi connectivity index (χ1) is 39.0. The Hall–Kier alpha value is -2.18. The molecule has 79 heavy (non-hydrogen) atoms. The maximum Gasteiger partial charge on any atom is 0.305 e. The number of amides is 1. The molecular weight excluding hydrogens is 971 g/mol. The number of rotatable bonds is 66. The van der Waals surface area contributed by atoms with E-state index in [9.17, 15) is 19.8 Å². The Labute approximate surface area is 493 Å². The lowest BCUT2D eigenvalue weighted by Gasteiger charge is -2.20. The van der Waals surface area contributed by atoms with E-state index in [4.69, 9.17) is 4.74 Å². The highest BCUT2D eigenvalue weighted by Crippen LogP contribution is 2.18. The fourth-order valence-electron chi connectivity index (χ4n) is 10.9. The molecule has 0 aromatic carbocycles. The Morgan fingerprint density at radius 1 is 0.354 bits per heavy atom. The Kier molecular flexibility index (Phi) is 66.4. The van der Waals surface area contributed by atoms with Crippen LogP contribution < -0.4 is 5.32 Å². The summed E-state index contributed by atoms with van der Waals surface area (Å²) in [7, 11) is 0. The second kappa shape index (κ2) is 68.3. The van der Waals surface area contributed by atoms with E-state index in [0.717, 1.165) is 51.4 Å². The van der Waals surface area contributed by atoms with Crippen molar-refractivity contribution in [3.63, 3.8) is 0 Å². The molecule has 464 valence electrons. The molecule has 1 amide bonds. The lowest BCUT2D eigenvalue weighted by atomic mass is 10.0. The number of ether oxygens (including phenoxy) is 1. The van der Waals surface area contributed by atoms with Gasteiger partial charge >= 0.3 is 5.97 Å². The maximum atomic E-state index is 12.4. The van der Waals surface area contributed by atoms with E-state index in [1.807, 2.05) is 6.08 Å². The van der Waals surface area contributed by atoms with Gasteiger partial charge in [-0.25, -0.2) is 0 Å². The highest BCUT2D eigenvalue weighted by Gasteiger charge is 2.18. The Morgan fingerprint density at radius 3 is 0.975 bits per heavy atom. The largest absolute Gasteiger partial charge is 0.466 e. The minimum absolute atomic E-state index is 0.0115. The van der Waals surface area contributed by atoms with Crippen LogP contribution in [0.15, 0.2) is 48.6 Å². The zero-order chi connectivity index (χ0) is 57.1. The van der Waals surface area contributed by atoms with Gasteiger partial charge in [0.15, 0.2) is 0 Å². The Morgan fingerprint density at radius 2 is 0.633 bits per heavy atom. The van der Waals surface area contributed by atoms with Crippen LogP contribution in [0.5, 0.6) is 0 Å². The van der Waals surface area contributed by atoms with Crippen molar-refractivity contribution in [1.82, 2.24) is 5.32 Å². The third-order valence-electron chi connectivity index (χ3n) is 16.3. The summed E-state index contributed by atoms with van der Waals surface area (Å²) in [5.41, 5.74) is 0. The Balaban J connectivity index is 3.34. The predicted octanol–water partition coefficient (Wildman–Crippen LogP) is 22.9. The van der Waals surface area contributed by atoms with Crippen molar-refractivity contribution in [2.75, 3.05) is 13.2 Å². The first-order valence-electron chi connectivity index (χ1n) is 35.4. The SMILES string of the molecule is CCCCCCC/C=C\CCCCCCCC(=O)OCCCCCCCCCCCCCCCCC/C=C\C/C=C\CCCCCCCCCCCCCCCCCCCC(=O)NC(CO)C(O)/C=C/CCCCCCCCC. The smallest absolute Gasteiger partial charge is 0.305 e. The maximum absolute atomic E-state index is 12.4. The number of hydrogen-bond acceptors (Lipinski definition) is 5. The number of esters is 1. The summed E-state index contributed by atoms with van der Waals surface area (Å²) in [6.45, 7) is 4.88. The number of aliphatic hydroxyl groups excluding tert-OH is 2. The molecule has 6 nitrogen and oxygen atoms in total. The van der Waals surface area contributed by atoms with Gasteiger partial charge in [0.05, 0.1) is 25.4 Å². The highest BCUT2D eigenvalue weighted by atomic mass is 16.5. The number of carbonyl (C=O) groups excluding carboxylic acids is 2. The van der Waals surface area contributed by atoms with E-state index >= 15 is 0 Å². The van der Waals surface area contributed by atoms with E-state index in [0.29, 0.717) is 19.4 Å². The van der Waals surface area contributed by atoms with Gasteiger partial charge in [-0.2, -0.15) is 0 Å². The molecule has 0 saturated carbocycles. The lowest BCUT2D eigenvalue weighted by molar-refractivity contribution is -0.143. The third kappa shape index (κ3) is 64.8. The normalized spacial score (nSPS) is 12.8. The molecule has 6 heteroatoms. The molecule has 0 aromatic rings. The zero-order valence-electron chi connectivity index (χ0n) is 53.1. The molecule has 0 saturated heterocycles. The monoisotopic (exact) mass is 1110 g/mol. The number of nitrogens with one attached hydrogen (secondary N) is 1. The first-order valence-corrected chi connectivity index (χ1v) is 35.4. The molecule has 2 atom stereocenters. The van der Waals surface area contributed by atoms with Gasteiger partial charge in [0.25, 0.3) is 0 Å². The third-order valence-corrected chi connectivity index (χ3v) is 16.3. The number of aliphatic hydroxyl groups is 2. The molecular formula is C73H137NO5. The number of hydrogen-bond donors (Lipinski definition) is 3.